The van der Waals surface area contributed by atoms with Crippen LogP contribution in [0.4, 0.5) is 0 Å². The van der Waals surface area contributed by atoms with Gasteiger partial charge in [-0.25, -0.2) is 0 Å². The first-order chi connectivity index (χ1) is 6.31. The summed E-state index contributed by atoms with van der Waals surface area (Å²) in [6.07, 6.45) is 2.80. The van der Waals surface area contributed by atoms with E-state index in [1.54, 1.807) is 4.88 Å². The maximum Gasteiger partial charge on any atom is 0.00822 e. The Kier molecular flexibility index (Phi) is 2.70. The van der Waals surface area contributed by atoms with Crippen molar-refractivity contribution in [2.24, 2.45) is 5.92 Å². The van der Waals surface area contributed by atoms with Gasteiger partial charge >= 0.3 is 0 Å². The lowest BCUT2D eigenvalue weighted by atomic mass is 9.73. The molecule has 2 unspecified atom stereocenters. The van der Waals surface area contributed by atoms with Crippen LogP contribution < -0.4 is 5.32 Å². The average molecular weight is 195 g/mol. The lowest BCUT2D eigenvalue weighted by Crippen LogP contribution is -2.31. The van der Waals surface area contributed by atoms with E-state index in [4.69, 9.17) is 0 Å². The van der Waals surface area contributed by atoms with E-state index in [2.05, 4.69) is 31.4 Å². The van der Waals surface area contributed by atoms with Crippen LogP contribution in [-0.4, -0.2) is 13.6 Å². The molecule has 1 heterocycles. The fourth-order valence-electron chi connectivity index (χ4n) is 2.10. The lowest BCUT2D eigenvalue weighted by molar-refractivity contribution is 0.254. The highest BCUT2D eigenvalue weighted by molar-refractivity contribution is 7.12. The summed E-state index contributed by atoms with van der Waals surface area (Å²) in [5, 5.41) is 3.28. The molecule has 1 N–H and O–H groups in total. The van der Waals surface area contributed by atoms with Crippen molar-refractivity contribution >= 4 is 11.3 Å². The summed E-state index contributed by atoms with van der Waals surface area (Å²) in [5.74, 6) is 1.74. The van der Waals surface area contributed by atoms with Crippen LogP contribution in [0.5, 0.6) is 0 Å². The van der Waals surface area contributed by atoms with Gasteiger partial charge in [0.25, 0.3) is 0 Å². The largest absolute Gasteiger partial charge is 0.319 e. The molecule has 1 saturated carbocycles. The second kappa shape index (κ2) is 3.81. The molecule has 0 aromatic carbocycles. The Labute approximate surface area is 84.2 Å². The first-order valence-corrected chi connectivity index (χ1v) is 5.84. The zero-order valence-corrected chi connectivity index (χ0v) is 9.16. The van der Waals surface area contributed by atoms with Gasteiger partial charge in [0.2, 0.25) is 0 Å². The molecule has 0 bridgehead atoms. The molecule has 0 amide bonds. The van der Waals surface area contributed by atoms with Crippen LogP contribution in [0.1, 0.15) is 28.5 Å². The van der Waals surface area contributed by atoms with Crippen molar-refractivity contribution in [2.75, 3.05) is 13.6 Å². The van der Waals surface area contributed by atoms with Crippen molar-refractivity contribution in [2.45, 2.75) is 25.7 Å². The minimum absolute atomic E-state index is 0.853. The standard InChI is InChI=1S/C11H17NS/c1-8-3-6-11(13-8)10-5-4-9(10)7-12-2/h3,6,9-10,12H,4-5,7H2,1-2H3. The summed E-state index contributed by atoms with van der Waals surface area (Å²) in [7, 11) is 2.05. The van der Waals surface area contributed by atoms with Gasteiger partial charge in [-0.3, -0.25) is 0 Å². The van der Waals surface area contributed by atoms with Gasteiger partial charge in [0.05, 0.1) is 0 Å². The highest BCUT2D eigenvalue weighted by Gasteiger charge is 2.32. The van der Waals surface area contributed by atoms with Crippen LogP contribution in [0.2, 0.25) is 0 Å². The topological polar surface area (TPSA) is 12.0 Å². The van der Waals surface area contributed by atoms with Crippen molar-refractivity contribution < 1.29 is 0 Å². The van der Waals surface area contributed by atoms with E-state index < -0.39 is 0 Å². The van der Waals surface area contributed by atoms with Crippen LogP contribution in [-0.2, 0) is 0 Å². The van der Waals surface area contributed by atoms with Crippen LogP contribution in [0.3, 0.4) is 0 Å². The van der Waals surface area contributed by atoms with Crippen LogP contribution in [0.15, 0.2) is 12.1 Å². The maximum absolute atomic E-state index is 3.28. The minimum atomic E-state index is 0.853. The van der Waals surface area contributed by atoms with Crippen molar-refractivity contribution in [1.82, 2.24) is 5.32 Å². The monoisotopic (exact) mass is 195 g/mol. The average Bonchev–Trinajstić information content (AvgIpc) is 2.45. The third kappa shape index (κ3) is 1.79. The molecule has 0 radical (unpaired) electrons. The lowest BCUT2D eigenvalue weighted by Gasteiger charge is -2.36. The molecule has 0 aliphatic heterocycles. The van der Waals surface area contributed by atoms with E-state index in [1.807, 2.05) is 11.3 Å². The molecule has 72 valence electrons. The number of nitrogens with one attached hydrogen (secondary N) is 1. The highest BCUT2D eigenvalue weighted by atomic mass is 32.1. The number of aryl methyl sites for hydroxylation is 1. The number of thiophene rings is 1. The Morgan fingerprint density at radius 3 is 2.77 bits per heavy atom. The van der Waals surface area contributed by atoms with Gasteiger partial charge in [-0.05, 0) is 57.3 Å². The SMILES string of the molecule is CNCC1CCC1c1ccc(C)s1. The maximum atomic E-state index is 3.28. The molecule has 1 nitrogen and oxygen atoms in total. The molecule has 2 atom stereocenters. The molecule has 1 aliphatic rings. The Bertz CT molecular complexity index is 279. The molecule has 1 aromatic rings. The van der Waals surface area contributed by atoms with Gasteiger partial charge in [0, 0.05) is 9.75 Å². The summed E-state index contributed by atoms with van der Waals surface area (Å²) in [5.41, 5.74) is 0. The third-order valence-electron chi connectivity index (χ3n) is 3.01. The predicted octanol–water partition coefficient (Wildman–Crippen LogP) is 2.77. The molecule has 2 heteroatoms. The fourth-order valence-corrected chi connectivity index (χ4v) is 3.21. The zero-order valence-electron chi connectivity index (χ0n) is 8.34. The van der Waals surface area contributed by atoms with Gasteiger partial charge in [-0.2, -0.15) is 0 Å². The van der Waals surface area contributed by atoms with Crippen molar-refractivity contribution in [1.29, 1.82) is 0 Å². The summed E-state index contributed by atoms with van der Waals surface area (Å²) in [4.78, 5) is 3.05. The fraction of sp³-hybridized carbons (Fsp3) is 0.636. The van der Waals surface area contributed by atoms with E-state index in [0.29, 0.717) is 0 Å². The zero-order chi connectivity index (χ0) is 9.26. The molecule has 1 aliphatic carbocycles. The van der Waals surface area contributed by atoms with Gasteiger partial charge in [-0.15, -0.1) is 11.3 Å². The summed E-state index contributed by atoms with van der Waals surface area (Å²) in [6, 6.07) is 4.56. The van der Waals surface area contributed by atoms with Gasteiger partial charge in [-0.1, -0.05) is 0 Å². The summed E-state index contributed by atoms with van der Waals surface area (Å²) >= 11 is 1.97. The van der Waals surface area contributed by atoms with E-state index in [0.717, 1.165) is 11.8 Å². The summed E-state index contributed by atoms with van der Waals surface area (Å²) < 4.78 is 0. The quantitative estimate of drug-likeness (QED) is 0.782. The van der Waals surface area contributed by atoms with Crippen LogP contribution >= 0.6 is 11.3 Å². The molecular formula is C11H17NS. The van der Waals surface area contributed by atoms with E-state index >= 15 is 0 Å². The molecule has 1 aromatic heterocycles. The van der Waals surface area contributed by atoms with Gasteiger partial charge < -0.3 is 5.32 Å². The molecule has 0 spiro atoms. The first kappa shape index (κ1) is 9.22. The normalized spacial score (nSPS) is 27.2. The highest BCUT2D eigenvalue weighted by Crippen LogP contribution is 2.44. The molecular weight excluding hydrogens is 178 g/mol. The van der Waals surface area contributed by atoms with Crippen molar-refractivity contribution in [3.05, 3.63) is 21.9 Å². The van der Waals surface area contributed by atoms with E-state index in [-0.39, 0.29) is 0 Å². The van der Waals surface area contributed by atoms with Gasteiger partial charge in [0.15, 0.2) is 0 Å². The Morgan fingerprint density at radius 2 is 2.31 bits per heavy atom. The van der Waals surface area contributed by atoms with Crippen LogP contribution in [0.25, 0.3) is 0 Å². The molecule has 1 fully saturated rings. The minimum Gasteiger partial charge on any atom is -0.319 e. The summed E-state index contributed by atoms with van der Waals surface area (Å²) in [6.45, 7) is 3.38. The second-order valence-corrected chi connectivity index (χ2v) is 5.27. The Hall–Kier alpha value is -0.340. The second-order valence-electron chi connectivity index (χ2n) is 3.95. The van der Waals surface area contributed by atoms with Crippen LogP contribution in [0, 0.1) is 12.8 Å². The molecule has 0 saturated heterocycles. The predicted molar refractivity (Wildman–Crippen MR) is 58.4 cm³/mol. The first-order valence-electron chi connectivity index (χ1n) is 5.02. The van der Waals surface area contributed by atoms with Crippen molar-refractivity contribution in [3.63, 3.8) is 0 Å². The van der Waals surface area contributed by atoms with Gasteiger partial charge in [0.1, 0.15) is 0 Å². The Morgan fingerprint density at radius 1 is 1.46 bits per heavy atom. The Balaban J connectivity index is 2.01. The number of rotatable bonds is 3. The third-order valence-corrected chi connectivity index (χ3v) is 4.14. The molecule has 13 heavy (non-hydrogen) atoms. The van der Waals surface area contributed by atoms with E-state index in [1.165, 1.54) is 24.3 Å². The number of hydrogen-bond donors (Lipinski definition) is 1. The van der Waals surface area contributed by atoms with E-state index in [9.17, 15) is 0 Å². The number of hydrogen-bond acceptors (Lipinski definition) is 2. The molecule has 2 rings (SSSR count). The van der Waals surface area contributed by atoms with Crippen molar-refractivity contribution in [3.8, 4) is 0 Å². The smallest absolute Gasteiger partial charge is 0.00822 e.